The Balaban J connectivity index is 2.16. The molecule has 0 aliphatic heterocycles. The number of carbonyl (C=O) groups is 1. The fourth-order valence-corrected chi connectivity index (χ4v) is 1.21. The molecule has 1 aliphatic carbocycles. The average Bonchev–Trinajstić information content (AvgIpc) is 2.95. The Bertz CT molecular complexity index is 202. The number of carbonyl (C=O) groups excluding carboxylic acids is 1. The predicted molar refractivity (Wildman–Crippen MR) is 56.6 cm³/mol. The molecular weight excluding hydrogens is 178 g/mol. The summed E-state index contributed by atoms with van der Waals surface area (Å²) in [5, 5.41) is 2.93. The first-order valence-electron chi connectivity index (χ1n) is 5.09. The second-order valence-electron chi connectivity index (χ2n) is 3.65. The van der Waals surface area contributed by atoms with Crippen LogP contribution in [0.5, 0.6) is 0 Å². The van der Waals surface area contributed by atoms with Gasteiger partial charge in [-0.25, -0.2) is 0 Å². The average molecular weight is 197 g/mol. The maximum absolute atomic E-state index is 11.4. The van der Waals surface area contributed by atoms with E-state index in [-0.39, 0.29) is 5.91 Å². The molecule has 80 valence electrons. The van der Waals surface area contributed by atoms with Crippen molar-refractivity contribution in [3.05, 3.63) is 12.7 Å². The molecule has 1 fully saturated rings. The minimum absolute atomic E-state index is 0.0852. The van der Waals surface area contributed by atoms with Crippen molar-refractivity contribution in [3.63, 3.8) is 0 Å². The second-order valence-corrected chi connectivity index (χ2v) is 3.65. The number of amides is 1. The van der Waals surface area contributed by atoms with Crippen molar-refractivity contribution >= 4 is 5.91 Å². The number of hydrogen-bond acceptors (Lipinski definition) is 3. The Labute approximate surface area is 85.1 Å². The van der Waals surface area contributed by atoms with Crippen LogP contribution in [0.1, 0.15) is 19.3 Å². The molecule has 1 amide bonds. The van der Waals surface area contributed by atoms with Crippen LogP contribution in [0.3, 0.4) is 0 Å². The lowest BCUT2D eigenvalue weighted by molar-refractivity contribution is -0.122. The molecule has 14 heavy (non-hydrogen) atoms. The van der Waals surface area contributed by atoms with E-state index in [2.05, 4.69) is 11.9 Å². The molecule has 0 saturated heterocycles. The number of nitrogens with zero attached hydrogens (tertiary/aromatic N) is 1. The summed E-state index contributed by atoms with van der Waals surface area (Å²) in [5.41, 5.74) is 5.52. The third-order valence-corrected chi connectivity index (χ3v) is 2.22. The molecule has 0 radical (unpaired) electrons. The molecule has 0 atom stereocenters. The highest BCUT2D eigenvalue weighted by Crippen LogP contribution is 2.18. The molecule has 1 saturated carbocycles. The van der Waals surface area contributed by atoms with Crippen LogP contribution in [-0.2, 0) is 4.79 Å². The lowest BCUT2D eigenvalue weighted by Crippen LogP contribution is -2.41. The van der Waals surface area contributed by atoms with Gasteiger partial charge >= 0.3 is 0 Å². The van der Waals surface area contributed by atoms with E-state index in [1.54, 1.807) is 0 Å². The Morgan fingerprint density at radius 2 is 2.36 bits per heavy atom. The summed E-state index contributed by atoms with van der Waals surface area (Å²) in [5.74, 6) is 0.0852. The summed E-state index contributed by atoms with van der Waals surface area (Å²) >= 11 is 0. The second kappa shape index (κ2) is 5.78. The summed E-state index contributed by atoms with van der Waals surface area (Å²) in [6.45, 7) is 5.27. The molecule has 0 aromatic carbocycles. The maximum atomic E-state index is 11.4. The zero-order valence-corrected chi connectivity index (χ0v) is 8.54. The molecule has 4 heteroatoms. The van der Waals surface area contributed by atoms with Crippen molar-refractivity contribution in [2.45, 2.75) is 25.3 Å². The van der Waals surface area contributed by atoms with E-state index in [9.17, 15) is 4.79 Å². The fourth-order valence-electron chi connectivity index (χ4n) is 1.21. The lowest BCUT2D eigenvalue weighted by atomic mass is 10.3. The van der Waals surface area contributed by atoms with E-state index in [0.29, 0.717) is 19.3 Å². The van der Waals surface area contributed by atoms with Gasteiger partial charge in [0.05, 0.1) is 6.54 Å². The lowest BCUT2D eigenvalue weighted by Gasteiger charge is -2.18. The van der Waals surface area contributed by atoms with Crippen molar-refractivity contribution in [1.29, 1.82) is 0 Å². The Kier molecular flexibility index (Phi) is 4.62. The molecule has 1 aliphatic rings. The van der Waals surface area contributed by atoms with Gasteiger partial charge in [-0.1, -0.05) is 6.08 Å². The van der Waals surface area contributed by atoms with Gasteiger partial charge in [-0.15, -0.1) is 6.58 Å². The van der Waals surface area contributed by atoms with Crippen LogP contribution >= 0.6 is 0 Å². The van der Waals surface area contributed by atoms with Crippen molar-refractivity contribution in [2.75, 3.05) is 19.8 Å². The van der Waals surface area contributed by atoms with Gasteiger partial charge in [0, 0.05) is 19.3 Å². The first-order valence-corrected chi connectivity index (χ1v) is 5.09. The Morgan fingerprint density at radius 1 is 1.64 bits per heavy atom. The quantitative estimate of drug-likeness (QED) is 0.448. The molecular formula is C10H19N3O. The molecule has 0 spiro atoms. The minimum atomic E-state index is 0.0852. The smallest absolute Gasteiger partial charge is 0.234 e. The molecule has 0 aromatic rings. The van der Waals surface area contributed by atoms with Crippen molar-refractivity contribution in [3.8, 4) is 0 Å². The van der Waals surface area contributed by atoms with Crippen LogP contribution in [0, 0.1) is 0 Å². The zero-order valence-electron chi connectivity index (χ0n) is 8.54. The van der Waals surface area contributed by atoms with E-state index in [4.69, 9.17) is 5.73 Å². The number of nitrogens with one attached hydrogen (secondary N) is 1. The monoisotopic (exact) mass is 197 g/mol. The minimum Gasteiger partial charge on any atom is -0.352 e. The highest BCUT2D eigenvalue weighted by atomic mass is 16.2. The third-order valence-electron chi connectivity index (χ3n) is 2.22. The molecule has 0 heterocycles. The fraction of sp³-hybridized carbons (Fsp3) is 0.700. The van der Waals surface area contributed by atoms with Crippen molar-refractivity contribution < 1.29 is 4.79 Å². The zero-order chi connectivity index (χ0) is 10.4. The van der Waals surface area contributed by atoms with Gasteiger partial charge in [-0.05, 0) is 19.3 Å². The Morgan fingerprint density at radius 3 is 2.86 bits per heavy atom. The van der Waals surface area contributed by atoms with Gasteiger partial charge in [-0.2, -0.15) is 0 Å². The van der Waals surface area contributed by atoms with Crippen LogP contribution in [0.4, 0.5) is 0 Å². The maximum Gasteiger partial charge on any atom is 0.234 e. The molecule has 0 bridgehead atoms. The van der Waals surface area contributed by atoms with Gasteiger partial charge in [0.15, 0.2) is 0 Å². The SMILES string of the molecule is C=CCCN(CN)CC(=O)NC1CC1. The predicted octanol–water partition coefficient (Wildman–Crippen LogP) is 0.0593. The number of rotatable bonds is 7. The largest absolute Gasteiger partial charge is 0.352 e. The topological polar surface area (TPSA) is 58.4 Å². The van der Waals surface area contributed by atoms with E-state index >= 15 is 0 Å². The van der Waals surface area contributed by atoms with Gasteiger partial charge in [-0.3, -0.25) is 9.69 Å². The van der Waals surface area contributed by atoms with Crippen LogP contribution in [0.2, 0.25) is 0 Å². The molecule has 4 nitrogen and oxygen atoms in total. The molecule has 0 unspecified atom stereocenters. The van der Waals surface area contributed by atoms with Crippen LogP contribution in [0.15, 0.2) is 12.7 Å². The summed E-state index contributed by atoms with van der Waals surface area (Å²) in [4.78, 5) is 13.3. The molecule has 0 aromatic heterocycles. The van der Waals surface area contributed by atoms with E-state index in [0.717, 1.165) is 25.8 Å². The van der Waals surface area contributed by atoms with E-state index in [1.807, 2.05) is 11.0 Å². The highest BCUT2D eigenvalue weighted by Gasteiger charge is 2.23. The number of hydrogen-bond donors (Lipinski definition) is 2. The van der Waals surface area contributed by atoms with E-state index in [1.165, 1.54) is 0 Å². The first-order chi connectivity index (χ1) is 6.76. The van der Waals surface area contributed by atoms with Crippen molar-refractivity contribution in [2.24, 2.45) is 5.73 Å². The summed E-state index contributed by atoms with van der Waals surface area (Å²) in [6.07, 6.45) is 4.96. The van der Waals surface area contributed by atoms with Crippen LogP contribution in [-0.4, -0.2) is 36.6 Å². The third kappa shape index (κ3) is 4.39. The Hall–Kier alpha value is -0.870. The summed E-state index contributed by atoms with van der Waals surface area (Å²) < 4.78 is 0. The highest BCUT2D eigenvalue weighted by molar-refractivity contribution is 5.78. The molecule has 1 rings (SSSR count). The first kappa shape index (κ1) is 11.2. The normalized spacial score (nSPS) is 15.6. The van der Waals surface area contributed by atoms with Gasteiger partial charge < -0.3 is 11.1 Å². The molecule has 3 N–H and O–H groups in total. The van der Waals surface area contributed by atoms with Gasteiger partial charge in [0.2, 0.25) is 5.91 Å². The van der Waals surface area contributed by atoms with Crippen LogP contribution < -0.4 is 11.1 Å². The standard InChI is InChI=1S/C10H19N3O/c1-2-3-6-13(8-11)7-10(14)12-9-4-5-9/h2,9H,1,3-8,11H2,(H,12,14). The summed E-state index contributed by atoms with van der Waals surface area (Å²) in [6, 6.07) is 0.432. The van der Waals surface area contributed by atoms with Gasteiger partial charge in [0.25, 0.3) is 0 Å². The van der Waals surface area contributed by atoms with E-state index < -0.39 is 0 Å². The van der Waals surface area contributed by atoms with Gasteiger partial charge in [0.1, 0.15) is 0 Å². The van der Waals surface area contributed by atoms with Crippen LogP contribution in [0.25, 0.3) is 0 Å². The number of nitrogens with two attached hydrogens (primary N) is 1. The summed E-state index contributed by atoms with van der Waals surface area (Å²) in [7, 11) is 0. The van der Waals surface area contributed by atoms with Crippen molar-refractivity contribution in [1.82, 2.24) is 10.2 Å².